The summed E-state index contributed by atoms with van der Waals surface area (Å²) in [5.41, 5.74) is -0.0362. The van der Waals surface area contributed by atoms with Crippen molar-refractivity contribution in [2.24, 2.45) is 0 Å². The monoisotopic (exact) mass is 272 g/mol. The number of halogens is 1. The number of hydrogen-bond acceptors (Lipinski definition) is 5. The summed E-state index contributed by atoms with van der Waals surface area (Å²) in [7, 11) is 3.71. The fraction of sp³-hybridized carbons (Fsp3) is 0.364. The molecule has 0 fully saturated rings. The number of nitro benzene ring substituents is 1. The van der Waals surface area contributed by atoms with Gasteiger partial charge in [-0.25, -0.2) is 4.79 Å². The summed E-state index contributed by atoms with van der Waals surface area (Å²) in [4.78, 5) is 23.4. The number of carbonyl (C=O) groups excluding carboxylic acids is 1. The minimum absolute atomic E-state index is 0.0130. The molecule has 0 aliphatic carbocycles. The van der Waals surface area contributed by atoms with E-state index in [9.17, 15) is 14.9 Å². The third-order valence-corrected chi connectivity index (χ3v) is 2.47. The van der Waals surface area contributed by atoms with Gasteiger partial charge in [0.05, 0.1) is 15.5 Å². The molecule has 0 spiro atoms. The van der Waals surface area contributed by atoms with Gasteiger partial charge in [0.15, 0.2) is 0 Å². The van der Waals surface area contributed by atoms with Gasteiger partial charge in [0.1, 0.15) is 6.61 Å². The molecule has 0 bridgehead atoms. The third kappa shape index (κ3) is 3.97. The topological polar surface area (TPSA) is 72.7 Å². The van der Waals surface area contributed by atoms with Gasteiger partial charge in [0.25, 0.3) is 5.69 Å². The third-order valence-electron chi connectivity index (χ3n) is 2.16. The summed E-state index contributed by atoms with van der Waals surface area (Å²) in [5.74, 6) is -0.586. The fourth-order valence-corrected chi connectivity index (χ4v) is 1.43. The Bertz CT molecular complexity index is 462. The average Bonchev–Trinajstić information content (AvgIpc) is 2.27. The van der Waals surface area contributed by atoms with Gasteiger partial charge >= 0.3 is 5.97 Å². The first-order chi connectivity index (χ1) is 8.41. The molecular weight excluding hydrogens is 260 g/mol. The molecule has 0 saturated carbocycles. The Morgan fingerprint density at radius 1 is 1.50 bits per heavy atom. The van der Waals surface area contributed by atoms with Gasteiger partial charge in [-0.2, -0.15) is 0 Å². The van der Waals surface area contributed by atoms with E-state index >= 15 is 0 Å². The number of hydrogen-bond donors (Lipinski definition) is 0. The summed E-state index contributed by atoms with van der Waals surface area (Å²) in [6.45, 7) is 0.829. The van der Waals surface area contributed by atoms with E-state index in [1.807, 2.05) is 19.0 Å². The van der Waals surface area contributed by atoms with Crippen LogP contribution >= 0.6 is 11.6 Å². The fourth-order valence-electron chi connectivity index (χ4n) is 1.18. The van der Waals surface area contributed by atoms with Crippen molar-refractivity contribution in [1.29, 1.82) is 0 Å². The van der Waals surface area contributed by atoms with Crippen LogP contribution in [-0.2, 0) is 4.74 Å². The number of nitro groups is 1. The lowest BCUT2D eigenvalue weighted by molar-refractivity contribution is -0.384. The van der Waals surface area contributed by atoms with E-state index in [2.05, 4.69) is 0 Å². The molecule has 0 saturated heterocycles. The number of nitrogens with zero attached hydrogens (tertiary/aromatic N) is 2. The molecule has 1 aromatic rings. The summed E-state index contributed by atoms with van der Waals surface area (Å²) in [6, 6.07) is 3.64. The average molecular weight is 273 g/mol. The predicted molar refractivity (Wildman–Crippen MR) is 66.9 cm³/mol. The van der Waals surface area contributed by atoms with Crippen molar-refractivity contribution in [3.8, 4) is 0 Å². The maximum atomic E-state index is 11.6. The molecule has 1 rings (SSSR count). The molecule has 0 aliphatic heterocycles. The van der Waals surface area contributed by atoms with Crippen molar-refractivity contribution in [3.63, 3.8) is 0 Å². The van der Waals surface area contributed by atoms with Crippen molar-refractivity contribution in [2.75, 3.05) is 27.2 Å². The summed E-state index contributed by atoms with van der Waals surface area (Å²) >= 11 is 5.79. The highest BCUT2D eigenvalue weighted by atomic mass is 35.5. The van der Waals surface area contributed by atoms with E-state index in [-0.39, 0.29) is 22.9 Å². The second-order valence-corrected chi connectivity index (χ2v) is 4.27. The van der Waals surface area contributed by atoms with Gasteiger partial charge in [0.2, 0.25) is 0 Å². The molecule has 7 heteroatoms. The lowest BCUT2D eigenvalue weighted by Crippen LogP contribution is -2.20. The molecule has 0 N–H and O–H groups in total. The van der Waals surface area contributed by atoms with Crippen LogP contribution in [0.15, 0.2) is 18.2 Å². The van der Waals surface area contributed by atoms with Gasteiger partial charge in [-0.3, -0.25) is 10.1 Å². The van der Waals surface area contributed by atoms with Crippen LogP contribution in [0.25, 0.3) is 0 Å². The summed E-state index contributed by atoms with van der Waals surface area (Å²) in [5, 5.41) is 10.5. The number of rotatable bonds is 5. The van der Waals surface area contributed by atoms with Crippen molar-refractivity contribution in [1.82, 2.24) is 4.90 Å². The number of esters is 1. The second kappa shape index (κ2) is 6.32. The van der Waals surface area contributed by atoms with Gasteiger partial charge in [-0.05, 0) is 20.2 Å². The Kier molecular flexibility index (Phi) is 5.06. The first-order valence-corrected chi connectivity index (χ1v) is 5.55. The normalized spacial score (nSPS) is 10.4. The van der Waals surface area contributed by atoms with E-state index in [0.717, 1.165) is 6.07 Å². The number of non-ortho nitro benzene ring substituents is 1. The SMILES string of the molecule is CN(C)CCOC(=O)c1ccc([N+](=O)[O-])cc1Cl. The first-order valence-electron chi connectivity index (χ1n) is 5.17. The van der Waals surface area contributed by atoms with E-state index in [1.54, 1.807) is 0 Å². The molecule has 0 unspecified atom stereocenters. The molecule has 1 aromatic carbocycles. The van der Waals surface area contributed by atoms with Crippen LogP contribution in [-0.4, -0.2) is 43.0 Å². The lowest BCUT2D eigenvalue weighted by Gasteiger charge is -2.10. The number of likely N-dealkylation sites (N-methyl/N-ethyl adjacent to an activating group) is 1. The predicted octanol–water partition coefficient (Wildman–Crippen LogP) is 1.97. The summed E-state index contributed by atoms with van der Waals surface area (Å²) in [6.07, 6.45) is 0. The minimum atomic E-state index is -0.586. The van der Waals surface area contributed by atoms with E-state index in [0.29, 0.717) is 6.54 Å². The van der Waals surface area contributed by atoms with Crippen LogP contribution < -0.4 is 0 Å². The Morgan fingerprint density at radius 3 is 2.67 bits per heavy atom. The minimum Gasteiger partial charge on any atom is -0.461 e. The molecule has 0 atom stereocenters. The molecule has 0 heterocycles. The number of ether oxygens (including phenoxy) is 1. The Balaban J connectivity index is 2.72. The maximum absolute atomic E-state index is 11.6. The molecule has 18 heavy (non-hydrogen) atoms. The molecule has 0 aliphatic rings. The maximum Gasteiger partial charge on any atom is 0.339 e. The van der Waals surface area contributed by atoms with Crippen LogP contribution in [0.1, 0.15) is 10.4 Å². The molecule has 98 valence electrons. The molecule has 0 radical (unpaired) electrons. The van der Waals surface area contributed by atoms with Gasteiger partial charge in [-0.1, -0.05) is 11.6 Å². The van der Waals surface area contributed by atoms with E-state index < -0.39 is 10.9 Å². The Morgan fingerprint density at radius 2 is 2.17 bits per heavy atom. The van der Waals surface area contributed by atoms with Gasteiger partial charge < -0.3 is 9.64 Å². The second-order valence-electron chi connectivity index (χ2n) is 3.86. The number of benzene rings is 1. The lowest BCUT2D eigenvalue weighted by atomic mass is 10.2. The highest BCUT2D eigenvalue weighted by Gasteiger charge is 2.15. The molecule has 0 aromatic heterocycles. The van der Waals surface area contributed by atoms with Gasteiger partial charge in [-0.15, -0.1) is 0 Å². The largest absolute Gasteiger partial charge is 0.461 e. The van der Waals surface area contributed by atoms with E-state index in [1.165, 1.54) is 12.1 Å². The smallest absolute Gasteiger partial charge is 0.339 e. The zero-order valence-electron chi connectivity index (χ0n) is 10.1. The number of carbonyl (C=O) groups is 1. The zero-order valence-corrected chi connectivity index (χ0v) is 10.8. The Hall–Kier alpha value is -1.66. The highest BCUT2D eigenvalue weighted by molar-refractivity contribution is 6.33. The molecular formula is C11H13ClN2O4. The van der Waals surface area contributed by atoms with Crippen LogP contribution in [0.3, 0.4) is 0 Å². The molecule has 6 nitrogen and oxygen atoms in total. The van der Waals surface area contributed by atoms with Crippen molar-refractivity contribution in [2.45, 2.75) is 0 Å². The van der Waals surface area contributed by atoms with Crippen molar-refractivity contribution in [3.05, 3.63) is 38.9 Å². The van der Waals surface area contributed by atoms with Crippen molar-refractivity contribution >= 4 is 23.3 Å². The summed E-state index contributed by atoms with van der Waals surface area (Å²) < 4.78 is 4.99. The van der Waals surface area contributed by atoms with Crippen LogP contribution in [0.4, 0.5) is 5.69 Å². The van der Waals surface area contributed by atoms with Crippen molar-refractivity contribution < 1.29 is 14.5 Å². The van der Waals surface area contributed by atoms with Gasteiger partial charge in [0, 0.05) is 18.7 Å². The molecule has 0 amide bonds. The van der Waals surface area contributed by atoms with Crippen LogP contribution in [0.2, 0.25) is 5.02 Å². The van der Waals surface area contributed by atoms with Crippen LogP contribution in [0.5, 0.6) is 0 Å². The van der Waals surface area contributed by atoms with E-state index in [4.69, 9.17) is 16.3 Å². The first kappa shape index (κ1) is 14.4. The Labute approximate surface area is 109 Å². The standard InChI is InChI=1S/C11H13ClN2O4/c1-13(2)5-6-18-11(15)9-4-3-8(14(16)17)7-10(9)12/h3-4,7H,5-6H2,1-2H3. The van der Waals surface area contributed by atoms with Crippen LogP contribution in [0, 0.1) is 10.1 Å². The quantitative estimate of drug-likeness (QED) is 0.465. The highest BCUT2D eigenvalue weighted by Crippen LogP contribution is 2.22. The zero-order chi connectivity index (χ0) is 13.7.